The van der Waals surface area contributed by atoms with Crippen LogP contribution in [-0.2, 0) is 0 Å². The number of nitrogens with zero attached hydrogens (tertiary/aromatic N) is 4. The molecule has 7 nitrogen and oxygen atoms in total. The Morgan fingerprint density at radius 3 is 2.57 bits per heavy atom. The summed E-state index contributed by atoms with van der Waals surface area (Å²) >= 11 is 0. The first-order chi connectivity index (χ1) is 11.2. The van der Waals surface area contributed by atoms with Crippen LogP contribution in [0.4, 0.5) is 0 Å². The maximum absolute atomic E-state index is 12.8. The van der Waals surface area contributed by atoms with Gasteiger partial charge in [0, 0.05) is 13.1 Å². The van der Waals surface area contributed by atoms with E-state index in [-0.39, 0.29) is 22.8 Å². The lowest BCUT2D eigenvalue weighted by atomic mass is 10.2. The lowest BCUT2D eigenvalue weighted by molar-refractivity contribution is 0.0693. The summed E-state index contributed by atoms with van der Waals surface area (Å²) in [5, 5.41) is 9.39. The monoisotopic (exact) mass is 310 g/mol. The van der Waals surface area contributed by atoms with Gasteiger partial charge in [-0.1, -0.05) is 12.1 Å². The third-order valence-corrected chi connectivity index (χ3v) is 4.16. The molecule has 23 heavy (non-hydrogen) atoms. The van der Waals surface area contributed by atoms with Gasteiger partial charge in [0.15, 0.2) is 11.4 Å². The molecular weight excluding hydrogens is 296 g/mol. The van der Waals surface area contributed by atoms with Crippen molar-refractivity contribution in [1.82, 2.24) is 19.3 Å². The number of rotatable bonds is 2. The van der Waals surface area contributed by atoms with Crippen LogP contribution in [0.15, 0.2) is 30.6 Å². The highest BCUT2D eigenvalue weighted by atomic mass is 16.4. The smallest absolute Gasteiger partial charge is 0.356 e. The number of amides is 1. The molecule has 116 valence electrons. The number of carboxylic acid groups (broad SMARTS) is 1. The maximum atomic E-state index is 12.8. The fourth-order valence-corrected chi connectivity index (χ4v) is 3.07. The summed E-state index contributed by atoms with van der Waals surface area (Å²) in [4.78, 5) is 34.4. The van der Waals surface area contributed by atoms with E-state index in [0.717, 1.165) is 18.4 Å². The number of para-hydroxylation sites is 2. The molecule has 0 bridgehead atoms. The number of benzene rings is 1. The molecule has 1 aromatic carbocycles. The van der Waals surface area contributed by atoms with E-state index in [2.05, 4.69) is 9.97 Å². The number of fused-ring (bicyclic) bond motifs is 3. The van der Waals surface area contributed by atoms with Gasteiger partial charge in [-0.2, -0.15) is 0 Å². The molecule has 0 saturated carbocycles. The Balaban J connectivity index is 2.04. The van der Waals surface area contributed by atoms with E-state index in [1.807, 2.05) is 18.2 Å². The van der Waals surface area contributed by atoms with Gasteiger partial charge in [-0.15, -0.1) is 0 Å². The van der Waals surface area contributed by atoms with Gasteiger partial charge in [0.05, 0.1) is 11.0 Å². The Morgan fingerprint density at radius 1 is 1.09 bits per heavy atom. The molecule has 1 saturated heterocycles. The summed E-state index contributed by atoms with van der Waals surface area (Å²) in [6, 6.07) is 7.30. The molecule has 1 aliphatic rings. The van der Waals surface area contributed by atoms with Crippen LogP contribution in [-0.4, -0.2) is 49.3 Å². The lowest BCUT2D eigenvalue weighted by Crippen LogP contribution is -2.29. The van der Waals surface area contributed by atoms with E-state index in [9.17, 15) is 14.7 Å². The molecule has 0 aliphatic carbocycles. The molecule has 1 aliphatic heterocycles. The largest absolute Gasteiger partial charge is 0.476 e. The average molecular weight is 310 g/mol. The second-order valence-electron chi connectivity index (χ2n) is 5.57. The molecule has 1 N–H and O–H groups in total. The Hall–Kier alpha value is -2.96. The predicted octanol–water partition coefficient (Wildman–Crippen LogP) is 1.82. The minimum Gasteiger partial charge on any atom is -0.476 e. The maximum Gasteiger partial charge on any atom is 0.356 e. The predicted molar refractivity (Wildman–Crippen MR) is 82.6 cm³/mol. The van der Waals surface area contributed by atoms with E-state index in [4.69, 9.17) is 0 Å². The number of carboxylic acids is 1. The first-order valence-corrected chi connectivity index (χ1v) is 7.45. The quantitative estimate of drug-likeness (QED) is 0.780. The molecule has 0 atom stereocenters. The van der Waals surface area contributed by atoms with Crippen LogP contribution in [0, 0.1) is 0 Å². The summed E-state index contributed by atoms with van der Waals surface area (Å²) in [6.07, 6.45) is 3.35. The fourth-order valence-electron chi connectivity index (χ4n) is 3.07. The van der Waals surface area contributed by atoms with E-state index >= 15 is 0 Å². The number of aromatic nitrogens is 3. The Labute approximate surface area is 131 Å². The molecule has 3 heterocycles. The topological polar surface area (TPSA) is 87.8 Å². The summed E-state index contributed by atoms with van der Waals surface area (Å²) in [7, 11) is 0. The number of hydrogen-bond donors (Lipinski definition) is 1. The van der Waals surface area contributed by atoms with Crippen LogP contribution in [0.5, 0.6) is 0 Å². The normalized spacial score (nSPS) is 14.7. The number of carbonyl (C=O) groups is 2. The Morgan fingerprint density at radius 2 is 1.83 bits per heavy atom. The van der Waals surface area contributed by atoms with Gasteiger partial charge in [-0.3, -0.25) is 9.20 Å². The zero-order valence-electron chi connectivity index (χ0n) is 12.3. The van der Waals surface area contributed by atoms with Gasteiger partial charge in [-0.05, 0) is 25.0 Å². The molecule has 1 fully saturated rings. The van der Waals surface area contributed by atoms with Crippen LogP contribution < -0.4 is 0 Å². The van der Waals surface area contributed by atoms with Crippen molar-refractivity contribution < 1.29 is 14.7 Å². The molecule has 1 amide bonds. The molecule has 0 unspecified atom stereocenters. The molecule has 0 spiro atoms. The molecule has 2 aromatic heterocycles. The first-order valence-electron chi connectivity index (χ1n) is 7.45. The highest BCUT2D eigenvalue weighted by Crippen LogP contribution is 2.23. The van der Waals surface area contributed by atoms with Crippen molar-refractivity contribution in [2.24, 2.45) is 0 Å². The van der Waals surface area contributed by atoms with Crippen molar-refractivity contribution in [3.63, 3.8) is 0 Å². The zero-order chi connectivity index (χ0) is 16.0. The number of hydrogen-bond acceptors (Lipinski definition) is 4. The van der Waals surface area contributed by atoms with Crippen molar-refractivity contribution in [1.29, 1.82) is 0 Å². The van der Waals surface area contributed by atoms with Crippen molar-refractivity contribution in [2.75, 3.05) is 13.1 Å². The fraction of sp³-hybridized carbons (Fsp3) is 0.250. The molecule has 3 aromatic rings. The van der Waals surface area contributed by atoms with E-state index < -0.39 is 5.97 Å². The molecule has 4 rings (SSSR count). The summed E-state index contributed by atoms with van der Waals surface area (Å²) in [6.45, 7) is 1.35. The molecule has 7 heteroatoms. The van der Waals surface area contributed by atoms with Crippen LogP contribution in [0.3, 0.4) is 0 Å². The van der Waals surface area contributed by atoms with Crippen molar-refractivity contribution in [2.45, 2.75) is 12.8 Å². The zero-order valence-corrected chi connectivity index (χ0v) is 12.3. The standard InChI is InChI=1S/C16H14N4O3/c21-15(19-7-3-4-8-19)12-14-13(16(22)23)17-9-20(14)11-6-2-1-5-10(11)18-12/h1-2,5-6,9H,3-4,7-8H2,(H,22,23). The second-order valence-corrected chi connectivity index (χ2v) is 5.57. The van der Waals surface area contributed by atoms with Crippen molar-refractivity contribution >= 4 is 28.4 Å². The third-order valence-electron chi connectivity index (χ3n) is 4.16. The van der Waals surface area contributed by atoms with E-state index in [1.54, 1.807) is 15.4 Å². The number of likely N-dealkylation sites (tertiary alicyclic amines) is 1. The van der Waals surface area contributed by atoms with Crippen LogP contribution in [0.2, 0.25) is 0 Å². The van der Waals surface area contributed by atoms with Crippen molar-refractivity contribution in [3.8, 4) is 0 Å². The van der Waals surface area contributed by atoms with E-state index in [0.29, 0.717) is 18.6 Å². The van der Waals surface area contributed by atoms with Gasteiger partial charge in [0.2, 0.25) is 0 Å². The van der Waals surface area contributed by atoms with Crippen molar-refractivity contribution in [3.05, 3.63) is 42.0 Å². The van der Waals surface area contributed by atoms with Crippen LogP contribution in [0.1, 0.15) is 33.8 Å². The van der Waals surface area contributed by atoms with Crippen LogP contribution >= 0.6 is 0 Å². The minimum atomic E-state index is -1.17. The Bertz CT molecular complexity index is 941. The summed E-state index contributed by atoms with van der Waals surface area (Å²) < 4.78 is 1.63. The first kappa shape index (κ1) is 13.7. The van der Waals surface area contributed by atoms with Gasteiger partial charge in [0.25, 0.3) is 5.91 Å². The second kappa shape index (κ2) is 5.05. The molecular formula is C16H14N4O3. The number of aromatic carboxylic acids is 1. The van der Waals surface area contributed by atoms with Gasteiger partial charge in [-0.25, -0.2) is 14.8 Å². The average Bonchev–Trinajstić information content (AvgIpc) is 3.23. The SMILES string of the molecule is O=C(O)c1ncn2c1c(C(=O)N1CCCC1)nc1ccccc12. The summed E-state index contributed by atoms with van der Waals surface area (Å²) in [5.41, 5.74) is 1.62. The highest BCUT2D eigenvalue weighted by molar-refractivity contribution is 6.07. The Kier molecular flexibility index (Phi) is 3.00. The number of carbonyl (C=O) groups excluding carboxylic acids is 1. The highest BCUT2D eigenvalue weighted by Gasteiger charge is 2.27. The lowest BCUT2D eigenvalue weighted by Gasteiger charge is -2.16. The summed E-state index contributed by atoms with van der Waals surface area (Å²) in [5.74, 6) is -1.40. The van der Waals surface area contributed by atoms with Gasteiger partial charge < -0.3 is 10.0 Å². The van der Waals surface area contributed by atoms with Gasteiger partial charge in [0.1, 0.15) is 11.8 Å². The molecule has 0 radical (unpaired) electrons. The minimum absolute atomic E-state index is 0.147. The van der Waals surface area contributed by atoms with Gasteiger partial charge >= 0.3 is 5.97 Å². The third kappa shape index (κ3) is 2.04. The van der Waals surface area contributed by atoms with E-state index in [1.165, 1.54) is 6.33 Å². The number of imidazole rings is 1. The van der Waals surface area contributed by atoms with Crippen LogP contribution in [0.25, 0.3) is 16.6 Å².